The first-order valence-electron chi connectivity index (χ1n) is 15.1. The number of carbonyl (C=O) groups is 1. The maximum atomic E-state index is 13.7. The van der Waals surface area contributed by atoms with Gasteiger partial charge in [-0.3, -0.25) is 9.69 Å². The number of amides is 1. The van der Waals surface area contributed by atoms with Gasteiger partial charge >= 0.3 is 0 Å². The molecular formula is C33H45FN4O3. The number of hydrogen-bond acceptors (Lipinski definition) is 5. The molecule has 0 radical (unpaired) electrons. The second-order valence-corrected chi connectivity index (χ2v) is 11.6. The molecule has 2 atom stereocenters. The van der Waals surface area contributed by atoms with Gasteiger partial charge < -0.3 is 20.1 Å². The molecular weight excluding hydrogens is 519 g/mol. The van der Waals surface area contributed by atoms with Crippen LogP contribution in [-0.2, 0) is 19.6 Å². The van der Waals surface area contributed by atoms with Gasteiger partial charge in [0.1, 0.15) is 17.3 Å². The Morgan fingerprint density at radius 3 is 2.41 bits per heavy atom. The van der Waals surface area contributed by atoms with Crippen molar-refractivity contribution >= 4 is 5.91 Å². The van der Waals surface area contributed by atoms with Crippen molar-refractivity contribution in [3.05, 3.63) is 76.9 Å². The molecule has 0 aliphatic carbocycles. The summed E-state index contributed by atoms with van der Waals surface area (Å²) in [6.07, 6.45) is 3.81. The van der Waals surface area contributed by atoms with Crippen LogP contribution >= 0.6 is 0 Å². The number of rotatable bonds is 13. The summed E-state index contributed by atoms with van der Waals surface area (Å²) in [6.45, 7) is 9.90. The lowest BCUT2D eigenvalue weighted by Gasteiger charge is -2.26. The first-order chi connectivity index (χ1) is 19.7. The number of imidazole rings is 1. The zero-order valence-electron chi connectivity index (χ0n) is 24.7. The van der Waals surface area contributed by atoms with Gasteiger partial charge in [-0.15, -0.1) is 0 Å². The van der Waals surface area contributed by atoms with Crippen LogP contribution < -0.4 is 5.32 Å². The molecule has 3 aromatic rings. The molecule has 2 heterocycles. The number of aromatic nitrogens is 2. The van der Waals surface area contributed by atoms with Crippen molar-refractivity contribution in [2.45, 2.75) is 97.1 Å². The van der Waals surface area contributed by atoms with Crippen LogP contribution in [0.2, 0.25) is 0 Å². The van der Waals surface area contributed by atoms with Gasteiger partial charge in [0.05, 0.1) is 17.9 Å². The molecule has 3 N–H and O–H groups in total. The van der Waals surface area contributed by atoms with E-state index in [0.29, 0.717) is 43.0 Å². The summed E-state index contributed by atoms with van der Waals surface area (Å²) < 4.78 is 15.7. The van der Waals surface area contributed by atoms with E-state index in [4.69, 9.17) is 4.98 Å². The minimum Gasteiger partial charge on any atom is -0.393 e. The molecule has 2 aromatic carbocycles. The van der Waals surface area contributed by atoms with E-state index < -0.39 is 12.2 Å². The third kappa shape index (κ3) is 8.47. The van der Waals surface area contributed by atoms with Crippen molar-refractivity contribution in [2.24, 2.45) is 0 Å². The Kier molecular flexibility index (Phi) is 11.1. The van der Waals surface area contributed by atoms with E-state index in [9.17, 15) is 19.4 Å². The molecule has 1 aromatic heterocycles. The van der Waals surface area contributed by atoms with E-state index in [1.807, 2.05) is 37.5 Å². The number of aliphatic hydroxyl groups excluding tert-OH is 2. The number of hydrogen-bond donors (Lipinski definition) is 3. The number of nitrogens with one attached hydrogen (secondary N) is 1. The average Bonchev–Trinajstić information content (AvgIpc) is 3.36. The number of aliphatic hydroxyl groups is 2. The van der Waals surface area contributed by atoms with Gasteiger partial charge in [0.15, 0.2) is 0 Å². The standard InChI is InChI=1S/C33H45FN4O3/c1-4-28(39)20-29(40)15-18-38-31(23(2)3)30(36-32(38)26-11-13-27(34)14-12-26)33(41)35-21-24-9-8-10-25(19-24)22-37-16-6-5-7-17-37/h8-14,19,23,28-29,39-40H,4-7,15-18,20-22H2,1-3H3,(H,35,41). The smallest absolute Gasteiger partial charge is 0.272 e. The first kappa shape index (κ1) is 30.9. The van der Waals surface area contributed by atoms with E-state index in [0.717, 1.165) is 30.9 Å². The summed E-state index contributed by atoms with van der Waals surface area (Å²) in [5.41, 5.74) is 4.09. The lowest BCUT2D eigenvalue weighted by Crippen LogP contribution is -2.29. The lowest BCUT2D eigenvalue weighted by atomic mass is 10.1. The van der Waals surface area contributed by atoms with Gasteiger partial charge in [0.2, 0.25) is 0 Å². The highest BCUT2D eigenvalue weighted by atomic mass is 19.1. The van der Waals surface area contributed by atoms with E-state index in [-0.39, 0.29) is 24.1 Å². The van der Waals surface area contributed by atoms with Crippen LogP contribution in [0.4, 0.5) is 4.39 Å². The van der Waals surface area contributed by atoms with Gasteiger partial charge in [-0.05, 0) is 86.5 Å². The normalized spacial score (nSPS) is 15.7. The van der Waals surface area contributed by atoms with Crippen molar-refractivity contribution in [3.63, 3.8) is 0 Å². The van der Waals surface area contributed by atoms with E-state index in [1.54, 1.807) is 12.1 Å². The Labute approximate surface area is 243 Å². The molecule has 2 unspecified atom stereocenters. The summed E-state index contributed by atoms with van der Waals surface area (Å²) >= 11 is 0. The monoisotopic (exact) mass is 564 g/mol. The lowest BCUT2D eigenvalue weighted by molar-refractivity contribution is 0.0711. The van der Waals surface area contributed by atoms with Crippen molar-refractivity contribution < 1.29 is 19.4 Å². The van der Waals surface area contributed by atoms with Crippen LogP contribution in [0.25, 0.3) is 11.4 Å². The van der Waals surface area contributed by atoms with Crippen LogP contribution in [0, 0.1) is 5.82 Å². The number of halogens is 1. The molecule has 0 spiro atoms. The summed E-state index contributed by atoms with van der Waals surface area (Å²) in [6, 6.07) is 14.4. The summed E-state index contributed by atoms with van der Waals surface area (Å²) in [4.78, 5) is 20.9. The Hall–Kier alpha value is -3.07. The number of benzene rings is 2. The maximum absolute atomic E-state index is 13.7. The molecule has 7 nitrogen and oxygen atoms in total. The van der Waals surface area contributed by atoms with Gasteiger partial charge in [-0.25, -0.2) is 9.37 Å². The van der Waals surface area contributed by atoms with Gasteiger partial charge in [0.25, 0.3) is 5.91 Å². The number of likely N-dealkylation sites (tertiary alicyclic amines) is 1. The molecule has 1 saturated heterocycles. The molecule has 8 heteroatoms. The zero-order chi connectivity index (χ0) is 29.4. The molecule has 41 heavy (non-hydrogen) atoms. The Morgan fingerprint density at radius 1 is 1.02 bits per heavy atom. The molecule has 1 fully saturated rings. The van der Waals surface area contributed by atoms with Crippen molar-refractivity contribution in [1.29, 1.82) is 0 Å². The van der Waals surface area contributed by atoms with Gasteiger partial charge in [0, 0.05) is 25.2 Å². The summed E-state index contributed by atoms with van der Waals surface area (Å²) in [5, 5.41) is 23.6. The molecule has 1 amide bonds. The third-order valence-corrected chi connectivity index (χ3v) is 7.87. The fourth-order valence-corrected chi connectivity index (χ4v) is 5.62. The minimum atomic E-state index is -0.692. The maximum Gasteiger partial charge on any atom is 0.272 e. The Morgan fingerprint density at radius 2 is 1.73 bits per heavy atom. The van der Waals surface area contributed by atoms with Crippen LogP contribution in [0.15, 0.2) is 48.5 Å². The molecule has 1 aliphatic heterocycles. The topological polar surface area (TPSA) is 90.6 Å². The van der Waals surface area contributed by atoms with E-state index in [1.165, 1.54) is 37.0 Å². The van der Waals surface area contributed by atoms with Crippen molar-refractivity contribution in [2.75, 3.05) is 13.1 Å². The molecule has 222 valence electrons. The third-order valence-electron chi connectivity index (χ3n) is 7.87. The van der Waals surface area contributed by atoms with Crippen LogP contribution in [-0.4, -0.2) is 55.9 Å². The Bertz CT molecular complexity index is 1270. The highest BCUT2D eigenvalue weighted by Gasteiger charge is 2.26. The first-order valence-corrected chi connectivity index (χ1v) is 15.1. The van der Waals surface area contributed by atoms with Crippen molar-refractivity contribution in [3.8, 4) is 11.4 Å². The number of nitrogens with zero attached hydrogens (tertiary/aromatic N) is 3. The van der Waals surface area contributed by atoms with Crippen LogP contribution in [0.5, 0.6) is 0 Å². The predicted octanol–water partition coefficient (Wildman–Crippen LogP) is 5.64. The minimum absolute atomic E-state index is 0.0244. The van der Waals surface area contributed by atoms with E-state index >= 15 is 0 Å². The fraction of sp³-hybridized carbons (Fsp3) is 0.515. The second kappa shape index (κ2) is 14.7. The molecule has 1 aliphatic rings. The summed E-state index contributed by atoms with van der Waals surface area (Å²) in [5.74, 6) is -0.0751. The highest BCUT2D eigenvalue weighted by Crippen LogP contribution is 2.29. The molecule has 0 bridgehead atoms. The van der Waals surface area contributed by atoms with Crippen LogP contribution in [0.3, 0.4) is 0 Å². The highest BCUT2D eigenvalue weighted by molar-refractivity contribution is 5.94. The summed E-state index contributed by atoms with van der Waals surface area (Å²) in [7, 11) is 0. The number of carbonyl (C=O) groups excluding carboxylic acids is 1. The zero-order valence-corrected chi connectivity index (χ0v) is 24.7. The molecule has 4 rings (SSSR count). The number of piperidine rings is 1. The van der Waals surface area contributed by atoms with Crippen molar-refractivity contribution in [1.82, 2.24) is 19.8 Å². The average molecular weight is 565 g/mol. The van der Waals surface area contributed by atoms with E-state index in [2.05, 4.69) is 22.3 Å². The van der Waals surface area contributed by atoms with Gasteiger partial charge in [-0.2, -0.15) is 0 Å². The van der Waals surface area contributed by atoms with Gasteiger partial charge in [-0.1, -0.05) is 51.5 Å². The molecule has 0 saturated carbocycles. The Balaban J connectivity index is 1.55. The van der Waals surface area contributed by atoms with Crippen LogP contribution in [0.1, 0.15) is 92.5 Å². The largest absolute Gasteiger partial charge is 0.393 e. The SMILES string of the molecule is CCC(O)CC(O)CCn1c(-c2ccc(F)cc2)nc(C(=O)NCc2cccc(CN3CCCCC3)c2)c1C(C)C. The quantitative estimate of drug-likeness (QED) is 0.250. The fourth-order valence-electron chi connectivity index (χ4n) is 5.62. The predicted molar refractivity (Wildman–Crippen MR) is 160 cm³/mol. The second-order valence-electron chi connectivity index (χ2n) is 11.6.